The number of amides is 1. The number of nitriles is 2. The van der Waals surface area contributed by atoms with Gasteiger partial charge in [-0.3, -0.25) is 4.79 Å². The molecule has 1 aromatic carbocycles. The van der Waals surface area contributed by atoms with Crippen molar-refractivity contribution >= 4 is 27.9 Å². The molecule has 2 atom stereocenters. The van der Waals surface area contributed by atoms with Crippen molar-refractivity contribution in [1.29, 1.82) is 10.5 Å². The molecule has 0 aliphatic heterocycles. The predicted octanol–water partition coefficient (Wildman–Crippen LogP) is 3.96. The Morgan fingerprint density at radius 1 is 1.37 bits per heavy atom. The molecule has 2 rings (SSSR count). The monoisotopic (exact) mass is 431 g/mol. The van der Waals surface area contributed by atoms with Gasteiger partial charge < -0.3 is 14.8 Å². The fourth-order valence-electron chi connectivity index (χ4n) is 3.16. The molecule has 1 aromatic rings. The molecule has 0 bridgehead atoms. The van der Waals surface area contributed by atoms with Crippen molar-refractivity contribution in [3.63, 3.8) is 0 Å². The number of nitrogens with zero attached hydrogens (tertiary/aromatic N) is 2. The summed E-state index contributed by atoms with van der Waals surface area (Å²) in [4.78, 5) is 12.5. The lowest BCUT2D eigenvalue weighted by Crippen LogP contribution is -2.41. The molecular formula is C20H22BrN3O3. The molecule has 1 N–H and O–H groups in total. The highest BCUT2D eigenvalue weighted by atomic mass is 79.9. The molecule has 0 heterocycles. The van der Waals surface area contributed by atoms with Gasteiger partial charge >= 0.3 is 0 Å². The Hall–Kier alpha value is -2.51. The first-order chi connectivity index (χ1) is 13.0. The fourth-order valence-corrected chi connectivity index (χ4v) is 3.73. The Kier molecular flexibility index (Phi) is 7.69. The van der Waals surface area contributed by atoms with E-state index in [4.69, 9.17) is 14.7 Å². The van der Waals surface area contributed by atoms with Crippen molar-refractivity contribution in [2.45, 2.75) is 38.6 Å². The molecule has 7 heteroatoms. The topological polar surface area (TPSA) is 95.1 Å². The Morgan fingerprint density at radius 3 is 2.74 bits per heavy atom. The summed E-state index contributed by atoms with van der Waals surface area (Å²) in [5.74, 6) is 0.851. The number of rotatable bonds is 6. The van der Waals surface area contributed by atoms with E-state index < -0.39 is 0 Å². The summed E-state index contributed by atoms with van der Waals surface area (Å²) in [6.45, 7) is 2.01. The summed E-state index contributed by atoms with van der Waals surface area (Å²) < 4.78 is 11.2. The van der Waals surface area contributed by atoms with Crippen molar-refractivity contribution in [3.05, 3.63) is 27.7 Å². The molecule has 1 aliphatic carbocycles. The standard InChI is InChI=1S/C20H22BrN3O3/c1-13-5-3-4-6-17(13)24-20(25)15(12-23)9-14-10-16(21)19(27-8-7-22)18(11-14)26-2/h9-11,13,17H,3-6,8H2,1-2H3,(H,24,25)/b15-9+/t13-,17+/m1/s1. The van der Waals surface area contributed by atoms with Gasteiger partial charge in [0.25, 0.3) is 5.91 Å². The van der Waals surface area contributed by atoms with E-state index in [-0.39, 0.29) is 24.1 Å². The summed E-state index contributed by atoms with van der Waals surface area (Å²) in [5, 5.41) is 21.1. The van der Waals surface area contributed by atoms with Gasteiger partial charge in [0, 0.05) is 6.04 Å². The third-order valence-corrected chi connectivity index (χ3v) is 5.23. The molecule has 1 aliphatic rings. The number of methoxy groups -OCH3 is 1. The third kappa shape index (κ3) is 5.48. The quantitative estimate of drug-likeness (QED) is 0.542. The second-order valence-electron chi connectivity index (χ2n) is 6.49. The van der Waals surface area contributed by atoms with Crippen LogP contribution in [0.3, 0.4) is 0 Å². The van der Waals surface area contributed by atoms with E-state index in [1.54, 1.807) is 12.1 Å². The van der Waals surface area contributed by atoms with E-state index in [0.29, 0.717) is 27.5 Å². The number of hydrogen-bond donors (Lipinski definition) is 1. The van der Waals surface area contributed by atoms with E-state index in [2.05, 4.69) is 28.2 Å². The number of carbonyl (C=O) groups is 1. The Bertz CT molecular complexity index is 808. The number of nitrogens with one attached hydrogen (secondary N) is 1. The molecule has 1 saturated carbocycles. The summed E-state index contributed by atoms with van der Waals surface area (Å²) >= 11 is 3.38. The van der Waals surface area contributed by atoms with E-state index >= 15 is 0 Å². The van der Waals surface area contributed by atoms with Gasteiger partial charge in [0.05, 0.1) is 11.6 Å². The first-order valence-electron chi connectivity index (χ1n) is 8.80. The average molecular weight is 432 g/mol. The molecule has 1 amide bonds. The van der Waals surface area contributed by atoms with Crippen LogP contribution in [0.1, 0.15) is 38.2 Å². The number of hydrogen-bond acceptors (Lipinski definition) is 5. The minimum atomic E-state index is -0.365. The number of ether oxygens (including phenoxy) is 2. The van der Waals surface area contributed by atoms with Crippen LogP contribution in [0, 0.1) is 28.6 Å². The predicted molar refractivity (Wildman–Crippen MR) is 105 cm³/mol. The highest BCUT2D eigenvalue weighted by Gasteiger charge is 2.24. The van der Waals surface area contributed by atoms with Gasteiger partial charge in [0.15, 0.2) is 18.1 Å². The van der Waals surface area contributed by atoms with Crippen molar-refractivity contribution in [2.75, 3.05) is 13.7 Å². The molecule has 27 heavy (non-hydrogen) atoms. The van der Waals surface area contributed by atoms with Crippen molar-refractivity contribution in [2.24, 2.45) is 5.92 Å². The summed E-state index contributed by atoms with van der Waals surface area (Å²) in [6.07, 6.45) is 5.82. The van der Waals surface area contributed by atoms with Gasteiger partial charge in [0.2, 0.25) is 0 Å². The van der Waals surface area contributed by atoms with Crippen molar-refractivity contribution in [3.8, 4) is 23.6 Å². The maximum Gasteiger partial charge on any atom is 0.262 e. The fraction of sp³-hybridized carbons (Fsp3) is 0.450. The van der Waals surface area contributed by atoms with Crippen LogP contribution in [-0.2, 0) is 4.79 Å². The summed E-state index contributed by atoms with van der Waals surface area (Å²) in [7, 11) is 1.48. The third-order valence-electron chi connectivity index (χ3n) is 4.64. The van der Waals surface area contributed by atoms with Crippen LogP contribution in [0.2, 0.25) is 0 Å². The largest absolute Gasteiger partial charge is 0.493 e. The molecule has 0 unspecified atom stereocenters. The molecule has 0 radical (unpaired) electrons. The molecule has 142 valence electrons. The maximum absolute atomic E-state index is 12.5. The first-order valence-corrected chi connectivity index (χ1v) is 9.59. The zero-order valence-corrected chi connectivity index (χ0v) is 17.0. The molecular weight excluding hydrogens is 410 g/mol. The normalized spacial score (nSPS) is 19.5. The van der Waals surface area contributed by atoms with Crippen LogP contribution < -0.4 is 14.8 Å². The maximum atomic E-state index is 12.5. The van der Waals surface area contributed by atoms with Crippen LogP contribution in [-0.4, -0.2) is 25.7 Å². The Morgan fingerprint density at radius 2 is 2.11 bits per heavy atom. The zero-order valence-electron chi connectivity index (χ0n) is 15.4. The molecule has 1 fully saturated rings. The minimum absolute atomic E-state index is 0.0346. The van der Waals surface area contributed by atoms with Crippen LogP contribution >= 0.6 is 15.9 Å². The van der Waals surface area contributed by atoms with Gasteiger partial charge in [0.1, 0.15) is 17.7 Å². The lowest BCUT2D eigenvalue weighted by Gasteiger charge is -2.29. The SMILES string of the molecule is COc1cc(/C=C(\C#N)C(=O)N[C@H]2CCCC[C@H]2C)cc(Br)c1OCC#N. The van der Waals surface area contributed by atoms with E-state index in [9.17, 15) is 10.1 Å². The average Bonchev–Trinajstić information content (AvgIpc) is 2.66. The highest BCUT2D eigenvalue weighted by Crippen LogP contribution is 2.37. The van der Waals surface area contributed by atoms with E-state index in [1.807, 2.05) is 12.1 Å². The van der Waals surface area contributed by atoms with Gasteiger partial charge in [-0.25, -0.2) is 0 Å². The van der Waals surface area contributed by atoms with Gasteiger partial charge in [-0.05, 0) is 58.5 Å². The number of carbonyl (C=O) groups excluding carboxylic acids is 1. The smallest absolute Gasteiger partial charge is 0.262 e. The molecule has 0 spiro atoms. The minimum Gasteiger partial charge on any atom is -0.493 e. The van der Waals surface area contributed by atoms with Crippen LogP contribution in [0.25, 0.3) is 6.08 Å². The summed E-state index contributed by atoms with van der Waals surface area (Å²) in [6, 6.07) is 7.35. The lowest BCUT2D eigenvalue weighted by molar-refractivity contribution is -0.118. The van der Waals surface area contributed by atoms with Gasteiger partial charge in [-0.2, -0.15) is 10.5 Å². The second-order valence-corrected chi connectivity index (χ2v) is 7.35. The van der Waals surface area contributed by atoms with Gasteiger partial charge in [-0.15, -0.1) is 0 Å². The zero-order chi connectivity index (χ0) is 19.8. The van der Waals surface area contributed by atoms with Crippen molar-refractivity contribution < 1.29 is 14.3 Å². The Labute approximate surface area is 167 Å². The molecule has 0 saturated heterocycles. The van der Waals surface area contributed by atoms with E-state index in [1.165, 1.54) is 19.6 Å². The van der Waals surface area contributed by atoms with Crippen LogP contribution in [0.15, 0.2) is 22.2 Å². The van der Waals surface area contributed by atoms with Crippen LogP contribution in [0.4, 0.5) is 0 Å². The first kappa shape index (κ1) is 20.8. The lowest BCUT2D eigenvalue weighted by atomic mass is 9.86. The van der Waals surface area contributed by atoms with E-state index in [0.717, 1.165) is 19.3 Å². The van der Waals surface area contributed by atoms with Crippen molar-refractivity contribution in [1.82, 2.24) is 5.32 Å². The molecule has 6 nitrogen and oxygen atoms in total. The highest BCUT2D eigenvalue weighted by molar-refractivity contribution is 9.10. The summed E-state index contributed by atoms with van der Waals surface area (Å²) in [5.41, 5.74) is 0.652. The number of halogens is 1. The van der Waals surface area contributed by atoms with Gasteiger partial charge in [-0.1, -0.05) is 19.8 Å². The number of benzene rings is 1. The molecule has 0 aromatic heterocycles. The van der Waals surface area contributed by atoms with Crippen LogP contribution in [0.5, 0.6) is 11.5 Å². The Balaban J connectivity index is 2.23. The second kappa shape index (κ2) is 9.99.